The Bertz CT molecular complexity index is 736. The topological polar surface area (TPSA) is 71.5 Å². The Labute approximate surface area is 154 Å². The van der Waals surface area contributed by atoms with Crippen LogP contribution in [-0.4, -0.2) is 46.0 Å². The molecule has 0 aliphatic carbocycles. The molecule has 2 amide bonds. The quantitative estimate of drug-likeness (QED) is 0.834. The molecule has 0 unspecified atom stereocenters. The molecule has 132 valence electrons. The Morgan fingerprint density at radius 2 is 2.16 bits per heavy atom. The third-order valence-electron chi connectivity index (χ3n) is 3.72. The zero-order chi connectivity index (χ0) is 17.6. The fourth-order valence-corrected chi connectivity index (χ4v) is 4.23. The van der Waals surface area contributed by atoms with Crippen LogP contribution in [0.1, 0.15) is 10.7 Å². The number of amides is 2. The van der Waals surface area contributed by atoms with Crippen LogP contribution >= 0.6 is 23.1 Å². The van der Waals surface area contributed by atoms with E-state index in [1.807, 2.05) is 30.5 Å². The third kappa shape index (κ3) is 4.73. The van der Waals surface area contributed by atoms with E-state index in [0.29, 0.717) is 23.9 Å². The SMILES string of the molecule is Cc1nc(CNC(=O)[C@H]2CSCN2C(=O)COc2ccccc2)cs1. The highest BCUT2D eigenvalue weighted by atomic mass is 32.2. The van der Waals surface area contributed by atoms with Gasteiger partial charge in [0.25, 0.3) is 5.91 Å². The van der Waals surface area contributed by atoms with E-state index < -0.39 is 6.04 Å². The fourth-order valence-electron chi connectivity index (χ4n) is 2.44. The van der Waals surface area contributed by atoms with Gasteiger partial charge in [-0.1, -0.05) is 18.2 Å². The highest BCUT2D eigenvalue weighted by Crippen LogP contribution is 2.21. The number of thioether (sulfide) groups is 1. The van der Waals surface area contributed by atoms with Gasteiger partial charge in [0.05, 0.1) is 23.1 Å². The first kappa shape index (κ1) is 17.8. The van der Waals surface area contributed by atoms with Gasteiger partial charge in [-0.15, -0.1) is 23.1 Å². The standard InChI is InChI=1S/C17H19N3O3S2/c1-12-19-13(9-25-12)7-18-17(22)15-10-24-11-20(15)16(21)8-23-14-5-3-2-4-6-14/h2-6,9,15H,7-8,10-11H2,1H3,(H,18,22)/t15-/m1/s1. The molecule has 25 heavy (non-hydrogen) atoms. The first-order chi connectivity index (χ1) is 12.1. The molecule has 6 nitrogen and oxygen atoms in total. The van der Waals surface area contributed by atoms with Crippen molar-refractivity contribution in [1.82, 2.24) is 15.2 Å². The predicted molar refractivity (Wildman–Crippen MR) is 98.6 cm³/mol. The summed E-state index contributed by atoms with van der Waals surface area (Å²) in [4.78, 5) is 30.7. The number of thiazole rings is 1. The molecule has 1 N–H and O–H groups in total. The molecule has 3 rings (SSSR count). The smallest absolute Gasteiger partial charge is 0.261 e. The van der Waals surface area contributed by atoms with E-state index in [4.69, 9.17) is 4.74 Å². The summed E-state index contributed by atoms with van der Waals surface area (Å²) in [6, 6.07) is 8.72. The van der Waals surface area contributed by atoms with Gasteiger partial charge in [-0.3, -0.25) is 9.59 Å². The van der Waals surface area contributed by atoms with E-state index in [-0.39, 0.29) is 18.4 Å². The molecule has 1 aromatic heterocycles. The zero-order valence-electron chi connectivity index (χ0n) is 13.8. The lowest BCUT2D eigenvalue weighted by atomic mass is 10.2. The summed E-state index contributed by atoms with van der Waals surface area (Å²) >= 11 is 3.12. The second-order valence-electron chi connectivity index (χ2n) is 5.56. The van der Waals surface area contributed by atoms with Crippen LogP contribution in [0.2, 0.25) is 0 Å². The number of nitrogens with one attached hydrogen (secondary N) is 1. The lowest BCUT2D eigenvalue weighted by Crippen LogP contribution is -2.48. The molecule has 0 radical (unpaired) electrons. The number of ether oxygens (including phenoxy) is 1. The van der Waals surface area contributed by atoms with Gasteiger partial charge in [-0.2, -0.15) is 0 Å². The molecule has 1 saturated heterocycles. The Hall–Kier alpha value is -2.06. The summed E-state index contributed by atoms with van der Waals surface area (Å²) in [6.45, 7) is 2.24. The zero-order valence-corrected chi connectivity index (χ0v) is 15.4. The van der Waals surface area contributed by atoms with E-state index in [9.17, 15) is 9.59 Å². The minimum absolute atomic E-state index is 0.0698. The van der Waals surface area contributed by atoms with Crippen molar-refractivity contribution in [1.29, 1.82) is 0 Å². The summed E-state index contributed by atoms with van der Waals surface area (Å²) in [5.41, 5.74) is 0.840. The van der Waals surface area contributed by atoms with Crippen LogP contribution in [-0.2, 0) is 16.1 Å². The van der Waals surface area contributed by atoms with Crippen molar-refractivity contribution in [3.8, 4) is 5.75 Å². The van der Waals surface area contributed by atoms with Crippen molar-refractivity contribution in [2.24, 2.45) is 0 Å². The molecule has 0 spiro atoms. The molecule has 8 heteroatoms. The molecule has 1 aliphatic rings. The number of hydrogen-bond acceptors (Lipinski definition) is 6. The molecule has 2 aromatic rings. The molecule has 2 heterocycles. The molecular formula is C17H19N3O3S2. The number of carbonyl (C=O) groups excluding carboxylic acids is 2. The summed E-state index contributed by atoms with van der Waals surface area (Å²) in [7, 11) is 0. The van der Waals surface area contributed by atoms with E-state index in [1.165, 1.54) is 0 Å². The number of hydrogen-bond donors (Lipinski definition) is 1. The first-order valence-corrected chi connectivity index (χ1v) is 9.90. The number of aromatic nitrogens is 1. The maximum Gasteiger partial charge on any atom is 0.261 e. The first-order valence-electron chi connectivity index (χ1n) is 7.87. The maximum atomic E-state index is 12.4. The highest BCUT2D eigenvalue weighted by Gasteiger charge is 2.34. The van der Waals surface area contributed by atoms with Gasteiger partial charge < -0.3 is 15.0 Å². The van der Waals surface area contributed by atoms with Gasteiger partial charge in [-0.05, 0) is 19.1 Å². The van der Waals surface area contributed by atoms with Gasteiger partial charge in [0, 0.05) is 11.1 Å². The minimum atomic E-state index is -0.461. The Balaban J connectivity index is 1.52. The number of nitrogens with zero attached hydrogens (tertiary/aromatic N) is 2. The van der Waals surface area contributed by atoms with Crippen LogP contribution in [0.25, 0.3) is 0 Å². The average Bonchev–Trinajstić information content (AvgIpc) is 3.27. The van der Waals surface area contributed by atoms with E-state index in [2.05, 4.69) is 10.3 Å². The molecule has 1 fully saturated rings. The van der Waals surface area contributed by atoms with Crippen molar-refractivity contribution < 1.29 is 14.3 Å². The van der Waals surface area contributed by atoms with Crippen molar-refractivity contribution >= 4 is 34.9 Å². The third-order valence-corrected chi connectivity index (χ3v) is 5.56. The van der Waals surface area contributed by atoms with Crippen LogP contribution in [0.3, 0.4) is 0 Å². The van der Waals surface area contributed by atoms with Crippen LogP contribution in [0, 0.1) is 6.92 Å². The highest BCUT2D eigenvalue weighted by molar-refractivity contribution is 7.99. The normalized spacial score (nSPS) is 16.7. The van der Waals surface area contributed by atoms with Crippen LogP contribution < -0.4 is 10.1 Å². The lowest BCUT2D eigenvalue weighted by molar-refractivity contribution is -0.139. The minimum Gasteiger partial charge on any atom is -0.484 e. The summed E-state index contributed by atoms with van der Waals surface area (Å²) in [6.07, 6.45) is 0. The fraction of sp³-hybridized carbons (Fsp3) is 0.353. The maximum absolute atomic E-state index is 12.4. The van der Waals surface area contributed by atoms with Gasteiger partial charge in [0.15, 0.2) is 6.61 Å². The molecule has 1 atom stereocenters. The van der Waals surface area contributed by atoms with Gasteiger partial charge in [0.2, 0.25) is 5.91 Å². The van der Waals surface area contributed by atoms with Crippen LogP contribution in [0.4, 0.5) is 0 Å². The second kappa shape index (κ2) is 8.35. The van der Waals surface area contributed by atoms with Crippen molar-refractivity contribution in [3.05, 3.63) is 46.4 Å². The monoisotopic (exact) mass is 377 g/mol. The molecule has 1 aromatic carbocycles. The summed E-state index contributed by atoms with van der Waals surface area (Å²) in [5.74, 6) is 1.41. The van der Waals surface area contributed by atoms with E-state index >= 15 is 0 Å². The number of para-hydroxylation sites is 1. The van der Waals surface area contributed by atoms with Crippen LogP contribution in [0.15, 0.2) is 35.7 Å². The van der Waals surface area contributed by atoms with E-state index in [1.54, 1.807) is 40.1 Å². The van der Waals surface area contributed by atoms with E-state index in [0.717, 1.165) is 10.7 Å². The number of rotatable bonds is 6. The average molecular weight is 377 g/mol. The van der Waals surface area contributed by atoms with Gasteiger partial charge in [-0.25, -0.2) is 4.98 Å². The summed E-state index contributed by atoms with van der Waals surface area (Å²) in [5, 5.41) is 5.76. The molecule has 0 saturated carbocycles. The Morgan fingerprint density at radius 3 is 2.88 bits per heavy atom. The van der Waals surface area contributed by atoms with Crippen LogP contribution in [0.5, 0.6) is 5.75 Å². The van der Waals surface area contributed by atoms with Gasteiger partial charge >= 0.3 is 0 Å². The summed E-state index contributed by atoms with van der Waals surface area (Å²) < 4.78 is 5.50. The number of aryl methyl sites for hydroxylation is 1. The lowest BCUT2D eigenvalue weighted by Gasteiger charge is -2.23. The van der Waals surface area contributed by atoms with Crippen molar-refractivity contribution in [3.63, 3.8) is 0 Å². The van der Waals surface area contributed by atoms with Gasteiger partial charge in [0.1, 0.15) is 11.8 Å². The second-order valence-corrected chi connectivity index (χ2v) is 7.62. The number of carbonyl (C=O) groups is 2. The molecule has 1 aliphatic heterocycles. The predicted octanol–water partition coefficient (Wildman–Crippen LogP) is 2.05. The molecule has 0 bridgehead atoms. The van der Waals surface area contributed by atoms with Crippen molar-refractivity contribution in [2.45, 2.75) is 19.5 Å². The number of benzene rings is 1. The van der Waals surface area contributed by atoms with Crippen molar-refractivity contribution in [2.75, 3.05) is 18.2 Å². The largest absolute Gasteiger partial charge is 0.484 e. The Kier molecular flexibility index (Phi) is 5.93. The molecular weight excluding hydrogens is 358 g/mol. The Morgan fingerprint density at radius 1 is 1.36 bits per heavy atom.